The minimum atomic E-state index is -0.134. The van der Waals surface area contributed by atoms with Gasteiger partial charge in [0.15, 0.2) is 0 Å². The van der Waals surface area contributed by atoms with Crippen molar-refractivity contribution in [1.29, 1.82) is 0 Å². The molecule has 1 heterocycles. The van der Waals surface area contributed by atoms with Crippen LogP contribution in [0.25, 0.3) is 17.0 Å². The maximum absolute atomic E-state index is 11.6. The number of aromatic nitrogens is 3. The third-order valence-corrected chi connectivity index (χ3v) is 2.07. The van der Waals surface area contributed by atoms with Gasteiger partial charge in [0.25, 0.3) is 5.56 Å². The van der Waals surface area contributed by atoms with Crippen LogP contribution in [0.1, 0.15) is 5.56 Å². The van der Waals surface area contributed by atoms with E-state index in [-0.39, 0.29) is 5.56 Å². The van der Waals surface area contributed by atoms with Crippen LogP contribution in [0.3, 0.4) is 0 Å². The van der Waals surface area contributed by atoms with Gasteiger partial charge in [0.05, 0.1) is 5.39 Å². The van der Waals surface area contributed by atoms with Gasteiger partial charge in [-0.15, -0.1) is 5.10 Å². The van der Waals surface area contributed by atoms with Gasteiger partial charge in [0.1, 0.15) is 5.52 Å². The normalized spacial score (nSPS) is 10.4. The molecule has 0 saturated carbocycles. The summed E-state index contributed by atoms with van der Waals surface area (Å²) >= 11 is 0. The average Bonchev–Trinajstić information content (AvgIpc) is 2.23. The molecule has 0 fully saturated rings. The summed E-state index contributed by atoms with van der Waals surface area (Å²) in [7, 11) is 1.58. The number of nitrogens with zero attached hydrogens (tertiary/aromatic N) is 3. The van der Waals surface area contributed by atoms with Crippen molar-refractivity contribution in [3.8, 4) is 0 Å². The molecule has 0 atom stereocenters. The summed E-state index contributed by atoms with van der Waals surface area (Å²) < 4.78 is 1.22. The van der Waals surface area contributed by atoms with E-state index >= 15 is 0 Å². The molecular weight excluding hydrogens is 178 g/mol. The molecule has 4 nitrogen and oxygen atoms in total. The summed E-state index contributed by atoms with van der Waals surface area (Å²) in [5.74, 6) is 0. The first-order valence-electron chi connectivity index (χ1n) is 4.18. The van der Waals surface area contributed by atoms with E-state index in [1.54, 1.807) is 25.3 Å². The van der Waals surface area contributed by atoms with Gasteiger partial charge in [-0.05, 0) is 17.7 Å². The van der Waals surface area contributed by atoms with E-state index in [0.717, 1.165) is 5.56 Å². The lowest BCUT2D eigenvalue weighted by Gasteiger charge is -1.99. The average molecular weight is 187 g/mol. The largest absolute Gasteiger partial charge is 0.277 e. The third kappa shape index (κ3) is 1.21. The highest BCUT2D eigenvalue weighted by Gasteiger charge is 2.02. The molecule has 0 aliphatic carbocycles. The maximum Gasteiger partial charge on any atom is 0.277 e. The Morgan fingerprint density at radius 1 is 1.50 bits per heavy atom. The highest BCUT2D eigenvalue weighted by molar-refractivity contribution is 5.79. The predicted octanol–water partition coefficient (Wildman–Crippen LogP) is 0.972. The van der Waals surface area contributed by atoms with Crippen LogP contribution in [-0.4, -0.2) is 15.0 Å². The van der Waals surface area contributed by atoms with Gasteiger partial charge in [-0.1, -0.05) is 23.9 Å². The zero-order valence-corrected chi connectivity index (χ0v) is 7.77. The predicted molar refractivity (Wildman–Crippen MR) is 54.9 cm³/mol. The summed E-state index contributed by atoms with van der Waals surface area (Å²) in [6.45, 7) is 3.65. The number of rotatable bonds is 1. The monoisotopic (exact) mass is 187 g/mol. The van der Waals surface area contributed by atoms with Gasteiger partial charge in [-0.2, -0.15) is 0 Å². The molecule has 0 radical (unpaired) electrons. The Morgan fingerprint density at radius 3 is 3.00 bits per heavy atom. The highest BCUT2D eigenvalue weighted by atomic mass is 16.1. The summed E-state index contributed by atoms with van der Waals surface area (Å²) in [6.07, 6.45) is 1.71. The van der Waals surface area contributed by atoms with Crippen molar-refractivity contribution in [2.45, 2.75) is 0 Å². The smallest absolute Gasteiger partial charge is 0.267 e. The standard InChI is InChI=1S/C10H9N3O/c1-3-7-4-5-8-9(6-7)11-12-13(2)10(8)14/h3-6H,1H2,2H3. The molecule has 0 saturated heterocycles. The Balaban J connectivity index is 2.88. The fourth-order valence-electron chi connectivity index (χ4n) is 1.27. The second-order valence-electron chi connectivity index (χ2n) is 3.00. The minimum Gasteiger partial charge on any atom is -0.267 e. The molecule has 0 N–H and O–H groups in total. The van der Waals surface area contributed by atoms with Crippen LogP contribution in [0.5, 0.6) is 0 Å². The Kier molecular flexibility index (Phi) is 1.89. The van der Waals surface area contributed by atoms with Crippen LogP contribution in [0.4, 0.5) is 0 Å². The fraction of sp³-hybridized carbons (Fsp3) is 0.100. The van der Waals surface area contributed by atoms with E-state index in [1.807, 2.05) is 6.07 Å². The minimum absolute atomic E-state index is 0.134. The fourth-order valence-corrected chi connectivity index (χ4v) is 1.27. The van der Waals surface area contributed by atoms with Crippen molar-refractivity contribution in [3.05, 3.63) is 40.7 Å². The highest BCUT2D eigenvalue weighted by Crippen LogP contribution is 2.09. The Hall–Kier alpha value is -1.97. The van der Waals surface area contributed by atoms with Crippen LogP contribution in [0, 0.1) is 0 Å². The van der Waals surface area contributed by atoms with E-state index in [0.29, 0.717) is 10.9 Å². The van der Waals surface area contributed by atoms with Crippen LogP contribution < -0.4 is 5.56 Å². The van der Waals surface area contributed by atoms with Crippen molar-refractivity contribution in [2.75, 3.05) is 0 Å². The Bertz CT molecular complexity index is 557. The number of hydrogen-bond donors (Lipinski definition) is 0. The van der Waals surface area contributed by atoms with E-state index in [2.05, 4.69) is 16.9 Å². The maximum atomic E-state index is 11.6. The van der Waals surface area contributed by atoms with Crippen molar-refractivity contribution >= 4 is 17.0 Å². The van der Waals surface area contributed by atoms with E-state index in [4.69, 9.17) is 0 Å². The van der Waals surface area contributed by atoms with Gasteiger partial charge < -0.3 is 0 Å². The van der Waals surface area contributed by atoms with Gasteiger partial charge in [0.2, 0.25) is 0 Å². The second-order valence-corrected chi connectivity index (χ2v) is 3.00. The first kappa shape index (κ1) is 8.62. The van der Waals surface area contributed by atoms with Crippen LogP contribution in [-0.2, 0) is 7.05 Å². The summed E-state index contributed by atoms with van der Waals surface area (Å²) in [4.78, 5) is 11.6. The summed E-state index contributed by atoms with van der Waals surface area (Å²) in [5.41, 5.74) is 1.40. The molecule has 2 aromatic rings. The van der Waals surface area contributed by atoms with Crippen molar-refractivity contribution in [3.63, 3.8) is 0 Å². The van der Waals surface area contributed by atoms with E-state index in [9.17, 15) is 4.79 Å². The van der Waals surface area contributed by atoms with Gasteiger partial charge >= 0.3 is 0 Å². The molecular formula is C10H9N3O. The van der Waals surface area contributed by atoms with E-state index in [1.165, 1.54) is 4.68 Å². The third-order valence-electron chi connectivity index (χ3n) is 2.07. The lowest BCUT2D eigenvalue weighted by molar-refractivity contribution is 0.656. The topological polar surface area (TPSA) is 47.8 Å². The Morgan fingerprint density at radius 2 is 2.29 bits per heavy atom. The quantitative estimate of drug-likeness (QED) is 0.668. The molecule has 0 aliphatic heterocycles. The van der Waals surface area contributed by atoms with Crippen LogP contribution in [0.15, 0.2) is 29.6 Å². The first-order valence-corrected chi connectivity index (χ1v) is 4.18. The molecule has 70 valence electrons. The van der Waals surface area contributed by atoms with Crippen LogP contribution >= 0.6 is 0 Å². The SMILES string of the molecule is C=Cc1ccc2c(=O)n(C)nnc2c1. The number of aryl methyl sites for hydroxylation is 1. The van der Waals surface area contributed by atoms with Gasteiger partial charge in [0, 0.05) is 7.05 Å². The van der Waals surface area contributed by atoms with Crippen molar-refractivity contribution in [2.24, 2.45) is 7.05 Å². The molecule has 4 heteroatoms. The zero-order chi connectivity index (χ0) is 10.1. The summed E-state index contributed by atoms with van der Waals surface area (Å²) in [5, 5.41) is 8.19. The molecule has 14 heavy (non-hydrogen) atoms. The zero-order valence-electron chi connectivity index (χ0n) is 7.77. The summed E-state index contributed by atoms with van der Waals surface area (Å²) in [6, 6.07) is 5.36. The molecule has 0 amide bonds. The number of hydrogen-bond acceptors (Lipinski definition) is 3. The molecule has 1 aromatic heterocycles. The first-order chi connectivity index (χ1) is 6.72. The molecule has 2 rings (SSSR count). The van der Waals surface area contributed by atoms with Crippen molar-refractivity contribution in [1.82, 2.24) is 15.0 Å². The molecule has 1 aromatic carbocycles. The molecule has 0 aliphatic rings. The molecule has 0 spiro atoms. The Labute approximate surface area is 80.5 Å². The van der Waals surface area contributed by atoms with Crippen LogP contribution in [0.2, 0.25) is 0 Å². The van der Waals surface area contributed by atoms with Gasteiger partial charge in [-0.25, -0.2) is 4.68 Å². The molecule has 0 bridgehead atoms. The lowest BCUT2D eigenvalue weighted by atomic mass is 10.1. The molecule has 0 unspecified atom stereocenters. The van der Waals surface area contributed by atoms with E-state index < -0.39 is 0 Å². The number of benzene rings is 1. The second kappa shape index (κ2) is 3.06. The lowest BCUT2D eigenvalue weighted by Crippen LogP contribution is -2.20. The van der Waals surface area contributed by atoms with Gasteiger partial charge in [-0.3, -0.25) is 4.79 Å². The van der Waals surface area contributed by atoms with Crippen molar-refractivity contribution < 1.29 is 0 Å². The number of fused-ring (bicyclic) bond motifs is 1.